The summed E-state index contributed by atoms with van der Waals surface area (Å²) in [4.78, 5) is 22.6. The molecule has 0 spiro atoms. The minimum atomic E-state index is -3.56. The maximum atomic E-state index is 12.0. The number of rotatable bonds is 11. The third kappa shape index (κ3) is 7.11. The summed E-state index contributed by atoms with van der Waals surface area (Å²) in [6.45, 7) is -3.46. The number of carboxylic acids is 1. The van der Waals surface area contributed by atoms with Crippen LogP contribution in [0.4, 0.5) is 0 Å². The van der Waals surface area contributed by atoms with Crippen LogP contribution in [-0.2, 0) is 9.59 Å². The molecule has 0 radical (unpaired) electrons. The van der Waals surface area contributed by atoms with Gasteiger partial charge < -0.3 is 20.4 Å². The van der Waals surface area contributed by atoms with Gasteiger partial charge in [-0.2, -0.15) is 0 Å². The average molecular weight is 351 g/mol. The first-order valence-electron chi connectivity index (χ1n) is 12.2. The minimum absolute atomic E-state index is 0.0792. The number of carbonyl (C=O) groups excluding carboxylic acids is 1. The molecule has 138 valence electrons. The maximum absolute atomic E-state index is 12.0. The second-order valence-corrected chi connectivity index (χ2v) is 5.83. The Morgan fingerprint density at radius 2 is 2.04 bits per heavy atom. The lowest BCUT2D eigenvalue weighted by molar-refractivity contribution is -0.138. The van der Waals surface area contributed by atoms with Gasteiger partial charge in [0.05, 0.1) is 24.7 Å². The van der Waals surface area contributed by atoms with Gasteiger partial charge in [0.2, 0.25) is 0 Å². The van der Waals surface area contributed by atoms with Crippen molar-refractivity contribution in [2.24, 2.45) is 11.8 Å². The standard InChI is InChI=1S/C18H30O6/c1-2-3-4-5-12(19)6-8-14-15(17(22)11-16(14)21)10-13(20)7-9-18(23)24/h6,8,12,14-17,19,21-22H,2-5,7,9-11H2,1H3,(H,23,24)/b8-6+/t12-,14+,15+,16+,17-/m0/s1/i1D3,2D2,3D2,4D2. The van der Waals surface area contributed by atoms with Crippen molar-refractivity contribution in [2.75, 3.05) is 0 Å². The monoisotopic (exact) mass is 351 g/mol. The van der Waals surface area contributed by atoms with Gasteiger partial charge in [-0.1, -0.05) is 38.1 Å². The molecule has 1 aliphatic rings. The van der Waals surface area contributed by atoms with Crippen LogP contribution < -0.4 is 0 Å². The van der Waals surface area contributed by atoms with Crippen molar-refractivity contribution < 1.29 is 42.4 Å². The topological polar surface area (TPSA) is 115 Å². The highest BCUT2D eigenvalue weighted by atomic mass is 16.4. The molecule has 5 atom stereocenters. The molecule has 0 amide bonds. The Kier molecular flexibility index (Phi) is 4.71. The quantitative estimate of drug-likeness (QED) is 0.421. The summed E-state index contributed by atoms with van der Waals surface area (Å²) >= 11 is 0. The predicted octanol–water partition coefficient (Wildman–Crippen LogP) is 1.67. The maximum Gasteiger partial charge on any atom is 0.303 e. The largest absolute Gasteiger partial charge is 0.481 e. The van der Waals surface area contributed by atoms with Crippen molar-refractivity contribution in [2.45, 2.75) is 76.4 Å². The molecule has 0 aromatic rings. The van der Waals surface area contributed by atoms with Crippen LogP contribution in [0.5, 0.6) is 0 Å². The zero-order valence-electron chi connectivity index (χ0n) is 22.2. The van der Waals surface area contributed by atoms with Gasteiger partial charge in [-0.25, -0.2) is 0 Å². The van der Waals surface area contributed by atoms with Crippen LogP contribution in [-0.4, -0.2) is 50.5 Å². The number of ketones is 1. The molecule has 1 fully saturated rings. The molecule has 4 N–H and O–H groups in total. The van der Waals surface area contributed by atoms with Gasteiger partial charge in [0.25, 0.3) is 0 Å². The Labute approximate surface area is 155 Å². The predicted molar refractivity (Wildman–Crippen MR) is 89.4 cm³/mol. The van der Waals surface area contributed by atoms with Crippen molar-refractivity contribution in [3.05, 3.63) is 12.2 Å². The fourth-order valence-electron chi connectivity index (χ4n) is 2.80. The lowest BCUT2D eigenvalue weighted by Crippen LogP contribution is -2.24. The number of aliphatic hydroxyl groups excluding tert-OH is 3. The highest BCUT2D eigenvalue weighted by molar-refractivity contribution is 5.82. The van der Waals surface area contributed by atoms with Crippen molar-refractivity contribution in [3.63, 3.8) is 0 Å². The van der Waals surface area contributed by atoms with E-state index in [9.17, 15) is 24.9 Å². The molecule has 6 heteroatoms. The number of aliphatic hydroxyl groups is 3. The molecule has 0 aliphatic heterocycles. The van der Waals surface area contributed by atoms with Crippen LogP contribution in [0, 0.1) is 11.8 Å². The number of carbonyl (C=O) groups is 2. The van der Waals surface area contributed by atoms with E-state index in [0.717, 1.165) is 6.08 Å². The third-order valence-corrected chi connectivity index (χ3v) is 4.01. The van der Waals surface area contributed by atoms with Gasteiger partial charge in [0.15, 0.2) is 0 Å². The highest BCUT2D eigenvalue weighted by Crippen LogP contribution is 2.36. The Morgan fingerprint density at radius 3 is 2.71 bits per heavy atom. The van der Waals surface area contributed by atoms with Crippen LogP contribution in [0.3, 0.4) is 0 Å². The van der Waals surface area contributed by atoms with Gasteiger partial charge in [-0.05, 0) is 6.42 Å². The van der Waals surface area contributed by atoms with Crippen molar-refractivity contribution >= 4 is 11.8 Å². The zero-order chi connectivity index (χ0) is 26.0. The first-order chi connectivity index (χ1) is 14.7. The first-order valence-corrected chi connectivity index (χ1v) is 7.70. The molecule has 0 saturated heterocycles. The SMILES string of the molecule is [2H]C([2H])([2H])C([2H])([2H])C([2H])([2H])C([2H])([2H])C[C@H](O)/C=C/[C@@H]1[C@@H](CC(=O)CCC(=O)O)[C@@H](O)C[C@H]1O. The summed E-state index contributed by atoms with van der Waals surface area (Å²) in [7, 11) is 0. The summed E-state index contributed by atoms with van der Waals surface area (Å²) in [5.74, 6) is -3.21. The van der Waals surface area contributed by atoms with Crippen LogP contribution in [0.25, 0.3) is 0 Å². The molecule has 0 unspecified atom stereocenters. The van der Waals surface area contributed by atoms with Gasteiger partial charge >= 0.3 is 5.97 Å². The Morgan fingerprint density at radius 1 is 1.29 bits per heavy atom. The van der Waals surface area contributed by atoms with Gasteiger partial charge in [-0.15, -0.1) is 0 Å². The molecule has 0 aromatic heterocycles. The van der Waals surface area contributed by atoms with E-state index in [1.54, 1.807) is 0 Å². The Balaban J connectivity index is 2.94. The Hall–Kier alpha value is -1.24. The normalized spacial score (nSPS) is 36.2. The van der Waals surface area contributed by atoms with Gasteiger partial charge in [-0.3, -0.25) is 9.59 Å². The molecule has 0 aromatic carbocycles. The molecule has 1 aliphatic carbocycles. The van der Waals surface area contributed by atoms with E-state index in [2.05, 4.69) is 0 Å². The fourth-order valence-corrected chi connectivity index (χ4v) is 2.80. The van der Waals surface area contributed by atoms with E-state index < -0.39 is 74.3 Å². The van der Waals surface area contributed by atoms with Crippen molar-refractivity contribution in [1.29, 1.82) is 0 Å². The summed E-state index contributed by atoms with van der Waals surface area (Å²) in [6, 6.07) is 0. The smallest absolute Gasteiger partial charge is 0.303 e. The second kappa shape index (κ2) is 10.6. The first kappa shape index (κ1) is 10.7. The fraction of sp³-hybridized carbons (Fsp3) is 0.778. The molecule has 24 heavy (non-hydrogen) atoms. The molecule has 0 heterocycles. The van der Waals surface area contributed by atoms with Crippen LogP contribution in [0.2, 0.25) is 0 Å². The third-order valence-electron chi connectivity index (χ3n) is 4.01. The number of aliphatic carboxylic acids is 1. The summed E-state index contributed by atoms with van der Waals surface area (Å²) in [5.41, 5.74) is 0. The Bertz CT molecular complexity index is 737. The molecular weight excluding hydrogens is 312 g/mol. The number of hydrogen-bond acceptors (Lipinski definition) is 5. The van der Waals surface area contributed by atoms with E-state index in [4.69, 9.17) is 17.4 Å². The molecule has 1 saturated carbocycles. The van der Waals surface area contributed by atoms with E-state index in [0.29, 0.717) is 0 Å². The molecule has 6 nitrogen and oxygen atoms in total. The average Bonchev–Trinajstić information content (AvgIpc) is 2.89. The highest BCUT2D eigenvalue weighted by Gasteiger charge is 2.41. The summed E-state index contributed by atoms with van der Waals surface area (Å²) in [5, 5.41) is 39.2. The van der Waals surface area contributed by atoms with Gasteiger partial charge in [0, 0.05) is 43.4 Å². The van der Waals surface area contributed by atoms with E-state index in [1.165, 1.54) is 6.08 Å². The number of hydrogen-bond donors (Lipinski definition) is 4. The molecule has 1 rings (SSSR count). The van der Waals surface area contributed by atoms with Crippen molar-refractivity contribution in [1.82, 2.24) is 0 Å². The van der Waals surface area contributed by atoms with Gasteiger partial charge in [0.1, 0.15) is 5.78 Å². The lowest BCUT2D eigenvalue weighted by Gasteiger charge is -2.20. The molecular formula is C18H30O6. The molecule has 0 bridgehead atoms. The van der Waals surface area contributed by atoms with E-state index in [-0.39, 0.29) is 25.7 Å². The van der Waals surface area contributed by atoms with Crippen molar-refractivity contribution in [3.8, 4) is 0 Å². The van der Waals surface area contributed by atoms with Crippen LogP contribution in [0.1, 0.15) is 70.4 Å². The summed E-state index contributed by atoms with van der Waals surface area (Å²) < 4.78 is 68.1. The van der Waals surface area contributed by atoms with E-state index in [1.807, 2.05) is 0 Å². The summed E-state index contributed by atoms with van der Waals surface area (Å²) in [6.07, 6.45) is -13.7. The second-order valence-electron chi connectivity index (χ2n) is 5.83. The van der Waals surface area contributed by atoms with E-state index >= 15 is 0 Å². The van der Waals surface area contributed by atoms with Crippen LogP contribution in [0.15, 0.2) is 12.2 Å². The zero-order valence-corrected chi connectivity index (χ0v) is 13.2. The number of carboxylic acid groups (broad SMARTS) is 1. The number of Topliss-reactive ketones (excluding diaryl/α,β-unsaturated/α-hetero) is 1. The van der Waals surface area contributed by atoms with Crippen LogP contribution >= 0.6 is 0 Å². The lowest BCUT2D eigenvalue weighted by atomic mass is 9.87. The minimum Gasteiger partial charge on any atom is -0.481 e.